The van der Waals surface area contributed by atoms with Gasteiger partial charge in [0.05, 0.1) is 11.3 Å². The second-order valence-corrected chi connectivity index (χ2v) is 9.50. The molecule has 1 amide bonds. The van der Waals surface area contributed by atoms with Crippen molar-refractivity contribution in [3.05, 3.63) is 0 Å². The quantitative estimate of drug-likeness (QED) is 0.220. The summed E-state index contributed by atoms with van der Waals surface area (Å²) in [6, 6.07) is 0.139. The number of nitrogens with zero attached hydrogens (tertiary/aromatic N) is 1. The number of amides is 1. The fourth-order valence-corrected chi connectivity index (χ4v) is 4.96. The number of alkyl halides is 2. The van der Waals surface area contributed by atoms with Gasteiger partial charge in [0, 0.05) is 25.8 Å². The monoisotopic (exact) mass is 413 g/mol. The zero-order valence-electron chi connectivity index (χ0n) is 14.3. The summed E-state index contributed by atoms with van der Waals surface area (Å²) in [7, 11) is -1.88. The van der Waals surface area contributed by atoms with E-state index >= 15 is 0 Å². The number of likely N-dealkylation sites (N-methyl/N-ethyl adjacent to an activating group) is 1. The van der Waals surface area contributed by atoms with Gasteiger partial charge in [-0.25, -0.2) is 23.7 Å². The van der Waals surface area contributed by atoms with Crippen molar-refractivity contribution < 1.29 is 17.6 Å². The van der Waals surface area contributed by atoms with Crippen LogP contribution in [0.1, 0.15) is 12.8 Å². The molecule has 2 heterocycles. The van der Waals surface area contributed by atoms with Crippen molar-refractivity contribution in [1.82, 2.24) is 36.9 Å². The first kappa shape index (κ1) is 20.1. The van der Waals surface area contributed by atoms with Gasteiger partial charge in [0.1, 0.15) is 6.17 Å². The van der Waals surface area contributed by atoms with Gasteiger partial charge in [-0.3, -0.25) is 20.4 Å². The lowest BCUT2D eigenvalue weighted by Crippen LogP contribution is -2.55. The maximum absolute atomic E-state index is 14.5. The van der Waals surface area contributed by atoms with E-state index in [1.54, 1.807) is 0 Å². The Bertz CT molecular complexity index is 621. The predicted octanol–water partition coefficient (Wildman–Crippen LogP) is -2.29. The number of hydrogen-bond acceptors (Lipinski definition) is 8. The van der Waals surface area contributed by atoms with Crippen LogP contribution in [0.4, 0.5) is 4.39 Å². The molecule has 6 unspecified atom stereocenters. The van der Waals surface area contributed by atoms with Crippen LogP contribution in [0.25, 0.3) is 0 Å². The largest absolute Gasteiger partial charge is 0.300 e. The van der Waals surface area contributed by atoms with E-state index in [9.17, 15) is 17.6 Å². The van der Waals surface area contributed by atoms with Gasteiger partial charge in [-0.1, -0.05) is 0 Å². The Morgan fingerprint density at radius 2 is 2.12 bits per heavy atom. The molecular formula is C13H25ClFN7O3S. The maximum Gasteiger partial charge on any atom is 0.247 e. The van der Waals surface area contributed by atoms with Gasteiger partial charge in [-0.05, 0) is 25.8 Å². The van der Waals surface area contributed by atoms with E-state index in [1.165, 1.54) is 0 Å². The first-order valence-corrected chi connectivity index (χ1v) is 10.5. The van der Waals surface area contributed by atoms with Gasteiger partial charge in [-0.15, -0.1) is 16.4 Å². The minimum Gasteiger partial charge on any atom is -0.300 e. The van der Waals surface area contributed by atoms with Crippen LogP contribution < -0.4 is 32.0 Å². The molecule has 150 valence electrons. The molecule has 2 aliphatic heterocycles. The number of rotatable bonds is 5. The van der Waals surface area contributed by atoms with Crippen molar-refractivity contribution in [2.45, 2.75) is 35.8 Å². The minimum absolute atomic E-state index is 0.0479. The summed E-state index contributed by atoms with van der Waals surface area (Å²) in [6.45, 7) is 1.66. The second-order valence-electron chi connectivity index (χ2n) is 7.08. The molecule has 0 aromatic carbocycles. The van der Waals surface area contributed by atoms with E-state index in [1.807, 2.05) is 11.9 Å². The van der Waals surface area contributed by atoms with Gasteiger partial charge in [0.25, 0.3) is 0 Å². The first-order valence-electron chi connectivity index (χ1n) is 8.52. The highest BCUT2D eigenvalue weighted by Gasteiger charge is 2.44. The summed E-state index contributed by atoms with van der Waals surface area (Å²) < 4.78 is 38.7. The lowest BCUT2D eigenvalue weighted by atomic mass is 9.76. The SMILES string of the molecule is CN1CNC(C2CC(Cl)C(F)C(C(=O)NNS(=O)(=O)C3CNNN3)C2)C1. The summed E-state index contributed by atoms with van der Waals surface area (Å²) in [5.74, 6) is -1.66. The van der Waals surface area contributed by atoms with Crippen LogP contribution in [0, 0.1) is 11.8 Å². The van der Waals surface area contributed by atoms with Gasteiger partial charge in [0.2, 0.25) is 15.9 Å². The fraction of sp³-hybridized carbons (Fsp3) is 0.923. The Balaban J connectivity index is 1.59. The molecule has 1 aliphatic carbocycles. The number of sulfonamides is 1. The lowest BCUT2D eigenvalue weighted by molar-refractivity contribution is -0.129. The summed E-state index contributed by atoms with van der Waals surface area (Å²) >= 11 is 6.15. The van der Waals surface area contributed by atoms with Crippen LogP contribution in [0.3, 0.4) is 0 Å². The normalized spacial score (nSPS) is 39.2. The Kier molecular flexibility index (Phi) is 6.34. The number of carbonyl (C=O) groups is 1. The molecule has 6 N–H and O–H groups in total. The number of hydrazine groups is 3. The van der Waals surface area contributed by atoms with Crippen molar-refractivity contribution >= 4 is 27.5 Å². The van der Waals surface area contributed by atoms with Crippen LogP contribution in [0.5, 0.6) is 0 Å². The van der Waals surface area contributed by atoms with E-state index in [0.29, 0.717) is 12.8 Å². The van der Waals surface area contributed by atoms with E-state index in [4.69, 9.17) is 11.6 Å². The average molecular weight is 414 g/mol. The highest BCUT2D eigenvalue weighted by atomic mass is 35.5. The van der Waals surface area contributed by atoms with E-state index in [0.717, 1.165) is 13.2 Å². The molecule has 1 saturated carbocycles. The van der Waals surface area contributed by atoms with E-state index in [2.05, 4.69) is 32.0 Å². The third-order valence-corrected chi connectivity index (χ3v) is 6.99. The van der Waals surface area contributed by atoms with Crippen LogP contribution in [-0.2, 0) is 14.8 Å². The smallest absolute Gasteiger partial charge is 0.247 e. The molecule has 0 spiro atoms. The molecule has 6 atom stereocenters. The topological polar surface area (TPSA) is 127 Å². The highest BCUT2D eigenvalue weighted by Crippen LogP contribution is 2.37. The molecule has 3 rings (SSSR count). The zero-order valence-corrected chi connectivity index (χ0v) is 15.9. The summed E-state index contributed by atoms with van der Waals surface area (Å²) in [6.07, 6.45) is -0.731. The fourth-order valence-electron chi connectivity index (χ4n) is 3.66. The first-order chi connectivity index (χ1) is 12.3. The van der Waals surface area contributed by atoms with Crippen LogP contribution in [-0.4, -0.2) is 69.0 Å². The molecule has 0 aromatic rings. The Morgan fingerprint density at radius 3 is 2.73 bits per heavy atom. The van der Waals surface area contributed by atoms with Crippen molar-refractivity contribution in [3.63, 3.8) is 0 Å². The molecule has 3 fully saturated rings. The number of halogens is 2. The van der Waals surface area contributed by atoms with Crippen molar-refractivity contribution in [2.24, 2.45) is 11.8 Å². The van der Waals surface area contributed by atoms with Gasteiger partial charge < -0.3 is 0 Å². The minimum atomic E-state index is -3.85. The van der Waals surface area contributed by atoms with Gasteiger partial charge in [-0.2, -0.15) is 5.53 Å². The second kappa shape index (κ2) is 8.19. The Morgan fingerprint density at radius 1 is 1.35 bits per heavy atom. The molecule has 0 radical (unpaired) electrons. The van der Waals surface area contributed by atoms with E-state index in [-0.39, 0.29) is 18.5 Å². The number of nitrogens with one attached hydrogen (secondary N) is 6. The lowest BCUT2D eigenvalue weighted by Gasteiger charge is -2.37. The van der Waals surface area contributed by atoms with Crippen molar-refractivity contribution in [3.8, 4) is 0 Å². The van der Waals surface area contributed by atoms with Crippen molar-refractivity contribution in [1.29, 1.82) is 0 Å². The molecule has 3 aliphatic rings. The molecule has 2 saturated heterocycles. The third kappa shape index (κ3) is 4.44. The van der Waals surface area contributed by atoms with Crippen LogP contribution in [0.2, 0.25) is 0 Å². The molecule has 0 aromatic heterocycles. The van der Waals surface area contributed by atoms with Crippen molar-refractivity contribution in [2.75, 3.05) is 26.8 Å². The predicted molar refractivity (Wildman–Crippen MR) is 93.4 cm³/mol. The maximum atomic E-state index is 14.5. The standard InChI is InChI=1S/C13H25ClFN7O3S/c1-22-5-10(16-6-22)7-2-8(12(15)9(14)3-7)13(23)19-21-26(24,25)11-4-17-20-18-11/h7-12,16-18,20-21H,2-6H2,1H3,(H,19,23). The number of carbonyl (C=O) groups excluding carboxylic acids is 1. The zero-order chi connectivity index (χ0) is 18.9. The molecule has 26 heavy (non-hydrogen) atoms. The number of hydrogen-bond donors (Lipinski definition) is 6. The molecule has 0 bridgehead atoms. The average Bonchev–Trinajstić information content (AvgIpc) is 3.27. The van der Waals surface area contributed by atoms with Crippen LogP contribution in [0.15, 0.2) is 0 Å². The van der Waals surface area contributed by atoms with Crippen LogP contribution >= 0.6 is 11.6 Å². The molecular weight excluding hydrogens is 389 g/mol. The molecule has 13 heteroatoms. The van der Waals surface area contributed by atoms with Gasteiger partial charge >= 0.3 is 0 Å². The Hall–Kier alpha value is -0.600. The Labute approximate surface area is 156 Å². The summed E-state index contributed by atoms with van der Waals surface area (Å²) in [4.78, 5) is 16.5. The van der Waals surface area contributed by atoms with Gasteiger partial charge in [0.15, 0.2) is 5.37 Å². The third-order valence-electron chi connectivity index (χ3n) is 5.15. The highest BCUT2D eigenvalue weighted by molar-refractivity contribution is 7.90. The summed E-state index contributed by atoms with van der Waals surface area (Å²) in [5, 5.41) is 1.61. The summed E-state index contributed by atoms with van der Waals surface area (Å²) in [5.41, 5.74) is 9.70. The molecule has 10 nitrogen and oxygen atoms in total. The van der Waals surface area contributed by atoms with E-state index < -0.39 is 38.8 Å².